The van der Waals surface area contributed by atoms with E-state index in [-0.39, 0.29) is 0 Å². The molecule has 0 atom stereocenters. The van der Waals surface area contributed by atoms with Crippen LogP contribution in [-0.4, -0.2) is 13.6 Å². The lowest BCUT2D eigenvalue weighted by molar-refractivity contribution is 0.749. The summed E-state index contributed by atoms with van der Waals surface area (Å²) < 4.78 is 0. The maximum Gasteiger partial charge on any atom is 0.0164 e. The maximum absolute atomic E-state index is 3.23. The number of unbranched alkanes of at least 4 members (excludes halogenated alkanes) is 1. The summed E-state index contributed by atoms with van der Waals surface area (Å²) in [6, 6.07) is 10.5. The molecule has 0 aliphatic carbocycles. The van der Waals surface area contributed by atoms with Crippen LogP contribution in [0.25, 0.3) is 6.08 Å². The SMILES string of the molecule is CCCCC(=Cc1ccccc1)CNC. The van der Waals surface area contributed by atoms with Crippen molar-refractivity contribution in [1.29, 1.82) is 0 Å². The fourth-order valence-corrected chi connectivity index (χ4v) is 1.63. The Morgan fingerprint density at radius 3 is 2.60 bits per heavy atom. The highest BCUT2D eigenvalue weighted by molar-refractivity contribution is 5.52. The minimum atomic E-state index is 0.995. The Labute approximate surface area is 93.2 Å². The van der Waals surface area contributed by atoms with Gasteiger partial charge in [-0.05, 0) is 25.5 Å². The van der Waals surface area contributed by atoms with E-state index in [9.17, 15) is 0 Å². The van der Waals surface area contributed by atoms with Crippen LogP contribution in [0, 0.1) is 0 Å². The van der Waals surface area contributed by atoms with Crippen LogP contribution in [0.4, 0.5) is 0 Å². The molecular formula is C14H21N. The summed E-state index contributed by atoms with van der Waals surface area (Å²) >= 11 is 0. The third-order valence-corrected chi connectivity index (χ3v) is 2.43. The molecule has 1 aromatic carbocycles. The first kappa shape index (κ1) is 12.0. The third-order valence-electron chi connectivity index (χ3n) is 2.43. The molecule has 0 unspecified atom stereocenters. The Hall–Kier alpha value is -1.08. The lowest BCUT2D eigenvalue weighted by Crippen LogP contribution is -2.10. The molecule has 0 bridgehead atoms. The zero-order valence-corrected chi connectivity index (χ0v) is 9.79. The van der Waals surface area contributed by atoms with Crippen molar-refractivity contribution in [3.05, 3.63) is 41.5 Å². The summed E-state index contributed by atoms with van der Waals surface area (Å²) in [5.41, 5.74) is 2.80. The number of likely N-dealkylation sites (N-methyl/N-ethyl adjacent to an activating group) is 1. The van der Waals surface area contributed by atoms with Crippen LogP contribution < -0.4 is 5.32 Å². The van der Waals surface area contributed by atoms with E-state index in [1.54, 1.807) is 0 Å². The first-order chi connectivity index (χ1) is 7.36. The predicted octanol–water partition coefficient (Wildman–Crippen LogP) is 3.48. The van der Waals surface area contributed by atoms with Crippen LogP contribution >= 0.6 is 0 Å². The van der Waals surface area contributed by atoms with E-state index in [0.29, 0.717) is 0 Å². The largest absolute Gasteiger partial charge is 0.316 e. The second kappa shape index (κ2) is 7.24. The highest BCUT2D eigenvalue weighted by Gasteiger charge is 1.96. The van der Waals surface area contributed by atoms with Gasteiger partial charge in [-0.1, -0.05) is 55.3 Å². The smallest absolute Gasteiger partial charge is 0.0164 e. The van der Waals surface area contributed by atoms with Gasteiger partial charge in [0, 0.05) is 6.54 Å². The van der Waals surface area contributed by atoms with Crippen LogP contribution in [-0.2, 0) is 0 Å². The Morgan fingerprint density at radius 1 is 1.27 bits per heavy atom. The fraction of sp³-hybridized carbons (Fsp3) is 0.429. The van der Waals surface area contributed by atoms with E-state index in [1.165, 1.54) is 30.4 Å². The summed E-state index contributed by atoms with van der Waals surface area (Å²) in [5, 5.41) is 3.23. The maximum atomic E-state index is 3.23. The first-order valence-corrected chi connectivity index (χ1v) is 5.76. The lowest BCUT2D eigenvalue weighted by Gasteiger charge is -2.06. The Morgan fingerprint density at radius 2 is 2.00 bits per heavy atom. The monoisotopic (exact) mass is 203 g/mol. The summed E-state index contributed by atoms with van der Waals surface area (Å²) in [6.45, 7) is 3.23. The predicted molar refractivity (Wildman–Crippen MR) is 67.9 cm³/mol. The molecule has 0 radical (unpaired) electrons. The van der Waals surface area contributed by atoms with Crippen molar-refractivity contribution < 1.29 is 0 Å². The normalized spacial score (nSPS) is 11.7. The summed E-state index contributed by atoms with van der Waals surface area (Å²) in [5.74, 6) is 0. The molecule has 0 saturated heterocycles. The topological polar surface area (TPSA) is 12.0 Å². The summed E-state index contributed by atoms with van der Waals surface area (Å²) in [7, 11) is 2.00. The van der Waals surface area contributed by atoms with Crippen molar-refractivity contribution in [1.82, 2.24) is 5.32 Å². The highest BCUT2D eigenvalue weighted by atomic mass is 14.8. The molecule has 1 nitrogen and oxygen atoms in total. The second-order valence-corrected chi connectivity index (χ2v) is 3.85. The van der Waals surface area contributed by atoms with Gasteiger partial charge in [0.05, 0.1) is 0 Å². The molecule has 15 heavy (non-hydrogen) atoms. The number of hydrogen-bond acceptors (Lipinski definition) is 1. The van der Waals surface area contributed by atoms with Crippen LogP contribution in [0.15, 0.2) is 35.9 Å². The van der Waals surface area contributed by atoms with Gasteiger partial charge in [-0.3, -0.25) is 0 Å². The van der Waals surface area contributed by atoms with E-state index in [0.717, 1.165) is 6.54 Å². The number of benzene rings is 1. The number of rotatable bonds is 6. The Balaban J connectivity index is 2.65. The van der Waals surface area contributed by atoms with Gasteiger partial charge in [0.1, 0.15) is 0 Å². The van der Waals surface area contributed by atoms with Gasteiger partial charge in [-0.15, -0.1) is 0 Å². The Kier molecular flexibility index (Phi) is 5.79. The zero-order chi connectivity index (χ0) is 10.9. The van der Waals surface area contributed by atoms with E-state index in [2.05, 4.69) is 48.6 Å². The summed E-state index contributed by atoms with van der Waals surface area (Å²) in [4.78, 5) is 0. The average molecular weight is 203 g/mol. The molecule has 0 aliphatic heterocycles. The number of hydrogen-bond donors (Lipinski definition) is 1. The molecule has 0 aliphatic rings. The first-order valence-electron chi connectivity index (χ1n) is 5.76. The van der Waals surface area contributed by atoms with Crippen molar-refractivity contribution in [2.75, 3.05) is 13.6 Å². The van der Waals surface area contributed by atoms with Crippen molar-refractivity contribution in [3.8, 4) is 0 Å². The molecule has 0 heterocycles. The van der Waals surface area contributed by atoms with Crippen LogP contribution in [0.5, 0.6) is 0 Å². The lowest BCUT2D eigenvalue weighted by atomic mass is 10.1. The van der Waals surface area contributed by atoms with Crippen molar-refractivity contribution >= 4 is 6.08 Å². The number of nitrogens with one attached hydrogen (secondary N) is 1. The van der Waals surface area contributed by atoms with Gasteiger partial charge in [0.2, 0.25) is 0 Å². The minimum Gasteiger partial charge on any atom is -0.316 e. The standard InChI is InChI=1S/C14H21N/c1-3-4-8-14(12-15-2)11-13-9-6-5-7-10-13/h5-7,9-11,15H,3-4,8,12H2,1-2H3. The second-order valence-electron chi connectivity index (χ2n) is 3.85. The van der Waals surface area contributed by atoms with Gasteiger partial charge >= 0.3 is 0 Å². The van der Waals surface area contributed by atoms with Crippen LogP contribution in [0.3, 0.4) is 0 Å². The summed E-state index contributed by atoms with van der Waals surface area (Å²) in [6.07, 6.45) is 6.04. The molecule has 0 saturated carbocycles. The molecule has 1 rings (SSSR count). The van der Waals surface area contributed by atoms with Crippen molar-refractivity contribution in [3.63, 3.8) is 0 Å². The molecule has 0 spiro atoms. The highest BCUT2D eigenvalue weighted by Crippen LogP contribution is 2.11. The van der Waals surface area contributed by atoms with Gasteiger partial charge in [-0.25, -0.2) is 0 Å². The molecule has 1 aromatic rings. The molecule has 82 valence electrons. The van der Waals surface area contributed by atoms with Gasteiger partial charge in [-0.2, -0.15) is 0 Å². The van der Waals surface area contributed by atoms with Crippen molar-refractivity contribution in [2.24, 2.45) is 0 Å². The molecule has 0 fully saturated rings. The van der Waals surface area contributed by atoms with E-state index >= 15 is 0 Å². The van der Waals surface area contributed by atoms with E-state index in [1.807, 2.05) is 7.05 Å². The van der Waals surface area contributed by atoms with Crippen LogP contribution in [0.1, 0.15) is 31.7 Å². The van der Waals surface area contributed by atoms with Crippen molar-refractivity contribution in [2.45, 2.75) is 26.2 Å². The van der Waals surface area contributed by atoms with Gasteiger partial charge < -0.3 is 5.32 Å². The van der Waals surface area contributed by atoms with E-state index in [4.69, 9.17) is 0 Å². The van der Waals surface area contributed by atoms with Gasteiger partial charge in [0.15, 0.2) is 0 Å². The molecular weight excluding hydrogens is 182 g/mol. The van der Waals surface area contributed by atoms with Crippen LogP contribution in [0.2, 0.25) is 0 Å². The van der Waals surface area contributed by atoms with Gasteiger partial charge in [0.25, 0.3) is 0 Å². The molecule has 1 N–H and O–H groups in total. The van der Waals surface area contributed by atoms with E-state index < -0.39 is 0 Å². The molecule has 0 aromatic heterocycles. The quantitative estimate of drug-likeness (QED) is 0.746. The molecule has 1 heteroatoms. The Bertz CT molecular complexity index is 287. The molecule has 0 amide bonds. The zero-order valence-electron chi connectivity index (χ0n) is 9.79. The minimum absolute atomic E-state index is 0.995. The fourth-order valence-electron chi connectivity index (χ4n) is 1.63. The average Bonchev–Trinajstić information content (AvgIpc) is 2.28. The third kappa shape index (κ3) is 4.80.